The molecule has 1 aliphatic rings. The monoisotopic (exact) mass is 431 g/mol. The standard InChI is InChI=1S/C23H22FN7O/c1-15-19-11-17(24)6-9-20(19)29-23(28-15)30-10-2-3-21(30)22(32)26-12-16-4-7-18(8-5-16)31-14-25-13-27-31/h4-9,11,13-14,21H,2-3,10,12H2,1H3,(H,26,32)/t21-/m1/s1. The number of fused-ring (bicyclic) bond motifs is 1. The van der Waals surface area contributed by atoms with Gasteiger partial charge in [0, 0.05) is 18.5 Å². The zero-order chi connectivity index (χ0) is 22.1. The van der Waals surface area contributed by atoms with Crippen molar-refractivity contribution in [3.63, 3.8) is 0 Å². The number of amides is 1. The van der Waals surface area contributed by atoms with Crippen molar-refractivity contribution in [1.82, 2.24) is 30.0 Å². The molecule has 0 saturated carbocycles. The Balaban J connectivity index is 1.29. The summed E-state index contributed by atoms with van der Waals surface area (Å²) in [5.41, 5.74) is 3.27. The number of aryl methyl sites for hydroxylation is 1. The quantitative estimate of drug-likeness (QED) is 0.523. The summed E-state index contributed by atoms with van der Waals surface area (Å²) in [5, 5.41) is 7.83. The molecule has 4 aromatic rings. The topological polar surface area (TPSA) is 88.8 Å². The van der Waals surface area contributed by atoms with E-state index in [1.54, 1.807) is 17.1 Å². The first-order valence-corrected chi connectivity index (χ1v) is 10.5. The van der Waals surface area contributed by atoms with E-state index >= 15 is 0 Å². The van der Waals surface area contributed by atoms with Gasteiger partial charge in [-0.1, -0.05) is 12.1 Å². The molecule has 5 rings (SSSR count). The van der Waals surface area contributed by atoms with Crippen molar-refractivity contribution >= 4 is 22.8 Å². The Morgan fingerprint density at radius 3 is 2.81 bits per heavy atom. The van der Waals surface area contributed by atoms with Gasteiger partial charge in [-0.05, 0) is 55.7 Å². The zero-order valence-corrected chi connectivity index (χ0v) is 17.6. The molecule has 1 atom stereocenters. The van der Waals surface area contributed by atoms with E-state index in [-0.39, 0.29) is 17.8 Å². The minimum atomic E-state index is -0.332. The summed E-state index contributed by atoms with van der Waals surface area (Å²) >= 11 is 0. The Kier molecular flexibility index (Phi) is 5.22. The maximum Gasteiger partial charge on any atom is 0.243 e. The number of hydrogen-bond donors (Lipinski definition) is 1. The van der Waals surface area contributed by atoms with Crippen molar-refractivity contribution in [2.75, 3.05) is 11.4 Å². The number of carbonyl (C=O) groups is 1. The molecule has 9 heteroatoms. The highest BCUT2D eigenvalue weighted by atomic mass is 19.1. The lowest BCUT2D eigenvalue weighted by atomic mass is 10.1. The highest BCUT2D eigenvalue weighted by molar-refractivity contribution is 5.86. The van der Waals surface area contributed by atoms with Crippen LogP contribution in [0.5, 0.6) is 0 Å². The fraction of sp³-hybridized carbons (Fsp3) is 0.261. The van der Waals surface area contributed by atoms with Gasteiger partial charge in [0.25, 0.3) is 0 Å². The lowest BCUT2D eigenvalue weighted by Gasteiger charge is -2.24. The number of hydrogen-bond acceptors (Lipinski definition) is 6. The molecule has 3 heterocycles. The molecule has 1 fully saturated rings. The summed E-state index contributed by atoms with van der Waals surface area (Å²) in [6.07, 6.45) is 4.74. The first kappa shape index (κ1) is 20.0. The van der Waals surface area contributed by atoms with Crippen molar-refractivity contribution in [3.05, 3.63) is 72.2 Å². The van der Waals surface area contributed by atoms with Crippen LogP contribution in [-0.2, 0) is 11.3 Å². The van der Waals surface area contributed by atoms with E-state index in [9.17, 15) is 9.18 Å². The normalized spacial score (nSPS) is 15.9. The molecule has 2 aromatic carbocycles. The van der Waals surface area contributed by atoms with Crippen LogP contribution in [0, 0.1) is 12.7 Å². The predicted octanol–water partition coefficient (Wildman–Crippen LogP) is 2.94. The molecule has 1 N–H and O–H groups in total. The van der Waals surface area contributed by atoms with Crippen LogP contribution in [0.3, 0.4) is 0 Å². The molecule has 32 heavy (non-hydrogen) atoms. The lowest BCUT2D eigenvalue weighted by molar-refractivity contribution is -0.122. The van der Waals surface area contributed by atoms with Gasteiger partial charge in [-0.15, -0.1) is 0 Å². The second kappa shape index (κ2) is 8.33. The Morgan fingerprint density at radius 2 is 2.03 bits per heavy atom. The molecule has 1 amide bonds. The van der Waals surface area contributed by atoms with Gasteiger partial charge in [0.2, 0.25) is 11.9 Å². The SMILES string of the molecule is Cc1nc(N2CCC[C@@H]2C(=O)NCc2ccc(-n3cncn3)cc2)nc2ccc(F)cc12. The van der Waals surface area contributed by atoms with Gasteiger partial charge in [0.05, 0.1) is 16.9 Å². The van der Waals surface area contributed by atoms with E-state index in [1.165, 1.54) is 18.5 Å². The summed E-state index contributed by atoms with van der Waals surface area (Å²) in [7, 11) is 0. The molecule has 0 radical (unpaired) electrons. The third-order valence-electron chi connectivity index (χ3n) is 5.74. The van der Waals surface area contributed by atoms with Crippen molar-refractivity contribution < 1.29 is 9.18 Å². The highest BCUT2D eigenvalue weighted by Gasteiger charge is 2.32. The van der Waals surface area contributed by atoms with Gasteiger partial charge >= 0.3 is 0 Å². The number of nitrogens with one attached hydrogen (secondary N) is 1. The third kappa shape index (κ3) is 3.89. The van der Waals surface area contributed by atoms with E-state index in [0.29, 0.717) is 35.6 Å². The van der Waals surface area contributed by atoms with Crippen LogP contribution >= 0.6 is 0 Å². The number of nitrogens with zero attached hydrogens (tertiary/aromatic N) is 6. The summed E-state index contributed by atoms with van der Waals surface area (Å²) in [6.45, 7) is 2.97. The smallest absolute Gasteiger partial charge is 0.243 e. The molecule has 0 unspecified atom stereocenters. The summed E-state index contributed by atoms with van der Waals surface area (Å²) in [5.74, 6) is 0.143. The lowest BCUT2D eigenvalue weighted by Crippen LogP contribution is -2.43. The molecule has 0 aliphatic carbocycles. The van der Waals surface area contributed by atoms with Crippen LogP contribution in [0.15, 0.2) is 55.1 Å². The second-order valence-electron chi connectivity index (χ2n) is 7.85. The van der Waals surface area contributed by atoms with Crippen LogP contribution in [0.25, 0.3) is 16.6 Å². The third-order valence-corrected chi connectivity index (χ3v) is 5.74. The Morgan fingerprint density at radius 1 is 1.19 bits per heavy atom. The number of benzene rings is 2. The molecule has 1 aliphatic heterocycles. The van der Waals surface area contributed by atoms with Gasteiger partial charge in [0.15, 0.2) is 0 Å². The van der Waals surface area contributed by atoms with Crippen LogP contribution in [-0.4, -0.2) is 43.2 Å². The summed E-state index contributed by atoms with van der Waals surface area (Å²) in [6, 6.07) is 11.9. The van der Waals surface area contributed by atoms with E-state index in [0.717, 1.165) is 24.1 Å². The highest BCUT2D eigenvalue weighted by Crippen LogP contribution is 2.26. The van der Waals surface area contributed by atoms with Crippen molar-refractivity contribution in [2.45, 2.75) is 32.4 Å². The fourth-order valence-electron chi connectivity index (χ4n) is 4.06. The van der Waals surface area contributed by atoms with E-state index in [1.807, 2.05) is 36.1 Å². The van der Waals surface area contributed by atoms with Gasteiger partial charge in [-0.3, -0.25) is 4.79 Å². The first-order chi connectivity index (χ1) is 15.6. The van der Waals surface area contributed by atoms with E-state index in [2.05, 4.69) is 25.4 Å². The van der Waals surface area contributed by atoms with Crippen LogP contribution in [0.1, 0.15) is 24.1 Å². The average molecular weight is 431 g/mol. The average Bonchev–Trinajstić information content (AvgIpc) is 3.51. The number of halogens is 1. The van der Waals surface area contributed by atoms with Crippen molar-refractivity contribution in [2.24, 2.45) is 0 Å². The van der Waals surface area contributed by atoms with E-state index < -0.39 is 0 Å². The van der Waals surface area contributed by atoms with E-state index in [4.69, 9.17) is 0 Å². The van der Waals surface area contributed by atoms with Gasteiger partial charge in [-0.25, -0.2) is 24.0 Å². The van der Waals surface area contributed by atoms with Crippen LogP contribution < -0.4 is 10.2 Å². The minimum Gasteiger partial charge on any atom is -0.350 e. The molecule has 0 bridgehead atoms. The molecular weight excluding hydrogens is 409 g/mol. The molecular formula is C23H22FN7O. The van der Waals surface area contributed by atoms with Gasteiger partial charge < -0.3 is 10.2 Å². The summed E-state index contributed by atoms with van der Waals surface area (Å²) < 4.78 is 15.3. The number of anilines is 1. The molecule has 1 saturated heterocycles. The fourth-order valence-corrected chi connectivity index (χ4v) is 4.06. The Labute approximate surface area is 184 Å². The van der Waals surface area contributed by atoms with Gasteiger partial charge in [-0.2, -0.15) is 5.10 Å². The minimum absolute atomic E-state index is 0.0525. The number of aromatic nitrogens is 5. The Bertz CT molecular complexity index is 1260. The molecule has 8 nitrogen and oxygen atoms in total. The molecule has 162 valence electrons. The number of rotatable bonds is 5. The largest absolute Gasteiger partial charge is 0.350 e. The predicted molar refractivity (Wildman–Crippen MR) is 118 cm³/mol. The zero-order valence-electron chi connectivity index (χ0n) is 17.6. The Hall–Kier alpha value is -3.88. The van der Waals surface area contributed by atoms with Crippen LogP contribution in [0.2, 0.25) is 0 Å². The molecule has 0 spiro atoms. The summed E-state index contributed by atoms with van der Waals surface area (Å²) in [4.78, 5) is 28.0. The molecule has 2 aromatic heterocycles. The maximum atomic E-state index is 13.6. The second-order valence-corrected chi connectivity index (χ2v) is 7.85. The number of carbonyl (C=O) groups excluding carboxylic acids is 1. The maximum absolute atomic E-state index is 13.6. The van der Waals surface area contributed by atoms with Crippen molar-refractivity contribution in [1.29, 1.82) is 0 Å². The van der Waals surface area contributed by atoms with Gasteiger partial charge in [0.1, 0.15) is 24.5 Å². The van der Waals surface area contributed by atoms with Crippen LogP contribution in [0.4, 0.5) is 10.3 Å². The first-order valence-electron chi connectivity index (χ1n) is 10.5. The van der Waals surface area contributed by atoms with Crippen molar-refractivity contribution in [3.8, 4) is 5.69 Å².